The summed E-state index contributed by atoms with van der Waals surface area (Å²) in [4.78, 5) is 14.1. The summed E-state index contributed by atoms with van der Waals surface area (Å²) >= 11 is 1.37. The predicted octanol–water partition coefficient (Wildman–Crippen LogP) is 2.88. The Balaban J connectivity index is 1.78. The number of sulfonamides is 1. The number of carbonyl (C=O) groups excluding carboxylic acids is 1. The number of hydrogen-bond donors (Lipinski definition) is 2. The van der Waals surface area contributed by atoms with E-state index in [9.17, 15) is 13.2 Å². The second kappa shape index (κ2) is 6.82. The van der Waals surface area contributed by atoms with Crippen LogP contribution in [0.1, 0.15) is 29.2 Å². The van der Waals surface area contributed by atoms with Gasteiger partial charge in [-0.1, -0.05) is 0 Å². The third kappa shape index (κ3) is 3.64. The number of amides is 1. The summed E-state index contributed by atoms with van der Waals surface area (Å²) in [6, 6.07) is 7.73. The maximum atomic E-state index is 12.5. The number of fused-ring (bicyclic) bond motifs is 1. The largest absolute Gasteiger partial charge is 0.321 e. The zero-order valence-electron chi connectivity index (χ0n) is 14.9. The van der Waals surface area contributed by atoms with Gasteiger partial charge in [0.1, 0.15) is 4.83 Å². The van der Waals surface area contributed by atoms with Gasteiger partial charge < -0.3 is 5.32 Å². The molecule has 0 bridgehead atoms. The molecule has 3 aromatic rings. The van der Waals surface area contributed by atoms with Crippen molar-refractivity contribution in [3.05, 3.63) is 40.9 Å². The summed E-state index contributed by atoms with van der Waals surface area (Å²) in [5.74, 6) is -0.235. The molecular weight excluding hydrogens is 372 g/mol. The summed E-state index contributed by atoms with van der Waals surface area (Å²) in [6.45, 7) is 5.42. The van der Waals surface area contributed by atoms with Gasteiger partial charge in [0.15, 0.2) is 0 Å². The molecule has 0 fully saturated rings. The van der Waals surface area contributed by atoms with Gasteiger partial charge in [0, 0.05) is 24.2 Å². The highest BCUT2D eigenvalue weighted by atomic mass is 32.2. The van der Waals surface area contributed by atoms with E-state index in [1.807, 2.05) is 20.0 Å². The fourth-order valence-electron chi connectivity index (χ4n) is 2.61. The average molecular weight is 393 g/mol. The molecule has 0 saturated heterocycles. The Labute approximate surface area is 156 Å². The number of anilines is 1. The second-order valence-corrected chi connectivity index (χ2v) is 9.04. The zero-order valence-corrected chi connectivity index (χ0v) is 16.5. The van der Waals surface area contributed by atoms with Crippen LogP contribution in [0.15, 0.2) is 35.2 Å². The fraction of sp³-hybridized carbons (Fsp3) is 0.294. The van der Waals surface area contributed by atoms with Crippen LogP contribution in [0.2, 0.25) is 0 Å². The summed E-state index contributed by atoms with van der Waals surface area (Å²) < 4.78 is 28.5. The van der Waals surface area contributed by atoms with Crippen molar-refractivity contribution in [1.29, 1.82) is 0 Å². The van der Waals surface area contributed by atoms with Crippen LogP contribution < -0.4 is 10.0 Å². The molecule has 0 saturated carbocycles. The average Bonchev–Trinajstić information content (AvgIpc) is 3.09. The summed E-state index contributed by atoms with van der Waals surface area (Å²) in [7, 11) is -1.70. The van der Waals surface area contributed by atoms with Crippen molar-refractivity contribution in [3.8, 4) is 0 Å². The number of nitrogens with one attached hydrogen (secondary N) is 2. The van der Waals surface area contributed by atoms with Crippen LogP contribution in [0.25, 0.3) is 10.2 Å². The van der Waals surface area contributed by atoms with E-state index in [-0.39, 0.29) is 16.8 Å². The van der Waals surface area contributed by atoms with Crippen molar-refractivity contribution in [2.75, 3.05) is 5.32 Å². The third-order valence-corrected chi connectivity index (χ3v) is 6.61. The lowest BCUT2D eigenvalue weighted by atomic mass is 10.3. The minimum absolute atomic E-state index is 0.160. The zero-order chi connectivity index (χ0) is 19.1. The van der Waals surface area contributed by atoms with E-state index in [2.05, 4.69) is 15.1 Å². The van der Waals surface area contributed by atoms with E-state index < -0.39 is 10.0 Å². The van der Waals surface area contributed by atoms with Gasteiger partial charge in [0.25, 0.3) is 5.91 Å². The third-order valence-electron chi connectivity index (χ3n) is 3.73. The Kier molecular flexibility index (Phi) is 4.87. The van der Waals surface area contributed by atoms with Gasteiger partial charge in [-0.25, -0.2) is 13.1 Å². The Morgan fingerprint density at radius 1 is 1.23 bits per heavy atom. The second-order valence-electron chi connectivity index (χ2n) is 6.29. The standard InChI is InChI=1S/C17H20N4O3S2/c1-10(2)20-26(23,24)13-7-5-12(6-8-13)18-16(22)15-9-14-11(3)19-21(4)17(14)25-15/h5-10,20H,1-4H3,(H,18,22). The molecule has 0 radical (unpaired) electrons. The van der Waals surface area contributed by atoms with Gasteiger partial charge in [-0.15, -0.1) is 11.3 Å². The van der Waals surface area contributed by atoms with E-state index in [1.165, 1.54) is 23.5 Å². The quantitative estimate of drug-likeness (QED) is 0.698. The molecule has 0 unspecified atom stereocenters. The Morgan fingerprint density at radius 2 is 1.88 bits per heavy atom. The molecule has 1 amide bonds. The van der Waals surface area contributed by atoms with Crippen molar-refractivity contribution in [3.63, 3.8) is 0 Å². The topological polar surface area (TPSA) is 93.1 Å². The first-order chi connectivity index (χ1) is 12.2. The molecular formula is C17H20N4O3S2. The number of thiophene rings is 1. The van der Waals surface area contributed by atoms with Crippen LogP contribution in [0.3, 0.4) is 0 Å². The molecule has 138 valence electrons. The molecule has 0 spiro atoms. The number of carbonyl (C=O) groups is 1. The number of benzene rings is 1. The monoisotopic (exact) mass is 392 g/mol. The molecule has 2 N–H and O–H groups in total. The molecule has 9 heteroatoms. The van der Waals surface area contributed by atoms with Gasteiger partial charge in [0.2, 0.25) is 10.0 Å². The lowest BCUT2D eigenvalue weighted by Gasteiger charge is -2.10. The van der Waals surface area contributed by atoms with Gasteiger partial charge in [0.05, 0.1) is 15.5 Å². The smallest absolute Gasteiger partial charge is 0.265 e. The van der Waals surface area contributed by atoms with Gasteiger partial charge in [-0.3, -0.25) is 9.48 Å². The van der Waals surface area contributed by atoms with E-state index >= 15 is 0 Å². The number of aromatic nitrogens is 2. The van der Waals surface area contributed by atoms with Crippen LogP contribution in [0.5, 0.6) is 0 Å². The molecule has 0 atom stereocenters. The van der Waals surface area contributed by atoms with E-state index in [4.69, 9.17) is 0 Å². The van der Waals surface area contributed by atoms with Crippen LogP contribution in [0, 0.1) is 6.92 Å². The Hall–Kier alpha value is -2.23. The van der Waals surface area contributed by atoms with Crippen LogP contribution in [0.4, 0.5) is 5.69 Å². The molecule has 0 aliphatic carbocycles. The minimum Gasteiger partial charge on any atom is -0.321 e. The number of rotatable bonds is 5. The highest BCUT2D eigenvalue weighted by Gasteiger charge is 2.17. The van der Waals surface area contributed by atoms with Crippen LogP contribution in [-0.4, -0.2) is 30.1 Å². The van der Waals surface area contributed by atoms with Crippen molar-refractivity contribution in [1.82, 2.24) is 14.5 Å². The number of aryl methyl sites for hydroxylation is 2. The molecule has 0 aliphatic heterocycles. The first-order valence-corrected chi connectivity index (χ1v) is 10.3. The van der Waals surface area contributed by atoms with Crippen molar-refractivity contribution >= 4 is 43.2 Å². The number of hydrogen-bond acceptors (Lipinski definition) is 5. The molecule has 26 heavy (non-hydrogen) atoms. The summed E-state index contributed by atoms with van der Waals surface area (Å²) in [5, 5.41) is 8.08. The lowest BCUT2D eigenvalue weighted by molar-refractivity contribution is 0.103. The molecule has 2 aromatic heterocycles. The van der Waals surface area contributed by atoms with Gasteiger partial charge >= 0.3 is 0 Å². The van der Waals surface area contributed by atoms with Crippen LogP contribution >= 0.6 is 11.3 Å². The van der Waals surface area contributed by atoms with Crippen molar-refractivity contribution < 1.29 is 13.2 Å². The summed E-state index contributed by atoms with van der Waals surface area (Å²) in [5.41, 5.74) is 1.41. The molecule has 7 nitrogen and oxygen atoms in total. The van der Waals surface area contributed by atoms with Crippen molar-refractivity contribution in [2.45, 2.75) is 31.7 Å². The van der Waals surface area contributed by atoms with E-state index in [1.54, 1.807) is 30.7 Å². The van der Waals surface area contributed by atoms with Crippen molar-refractivity contribution in [2.24, 2.45) is 7.05 Å². The van der Waals surface area contributed by atoms with E-state index in [0.29, 0.717) is 10.6 Å². The van der Waals surface area contributed by atoms with Crippen LogP contribution in [-0.2, 0) is 17.1 Å². The number of nitrogens with zero attached hydrogens (tertiary/aromatic N) is 2. The summed E-state index contributed by atoms with van der Waals surface area (Å²) in [6.07, 6.45) is 0. The molecule has 2 heterocycles. The normalized spacial score (nSPS) is 12.0. The first kappa shape index (κ1) is 18.6. The highest BCUT2D eigenvalue weighted by Crippen LogP contribution is 2.28. The molecule has 1 aromatic carbocycles. The molecule has 0 aliphatic rings. The molecule has 3 rings (SSSR count). The SMILES string of the molecule is Cc1nn(C)c2sc(C(=O)Nc3ccc(S(=O)(=O)NC(C)C)cc3)cc12. The Morgan fingerprint density at radius 3 is 2.46 bits per heavy atom. The highest BCUT2D eigenvalue weighted by molar-refractivity contribution is 7.89. The van der Waals surface area contributed by atoms with E-state index in [0.717, 1.165) is 15.9 Å². The maximum absolute atomic E-state index is 12.5. The predicted molar refractivity (Wildman–Crippen MR) is 103 cm³/mol. The Bertz CT molecular complexity index is 1030. The maximum Gasteiger partial charge on any atom is 0.265 e. The van der Waals surface area contributed by atoms with Gasteiger partial charge in [-0.05, 0) is 51.1 Å². The van der Waals surface area contributed by atoms with Gasteiger partial charge in [-0.2, -0.15) is 5.10 Å². The fourth-order valence-corrected chi connectivity index (χ4v) is 4.88. The minimum atomic E-state index is -3.55. The first-order valence-electron chi connectivity index (χ1n) is 8.04. The lowest BCUT2D eigenvalue weighted by Crippen LogP contribution is -2.30.